The van der Waals surface area contributed by atoms with Crippen molar-refractivity contribution in [1.29, 1.82) is 0 Å². The Bertz CT molecular complexity index is 1220. The predicted molar refractivity (Wildman–Crippen MR) is 126 cm³/mol. The summed E-state index contributed by atoms with van der Waals surface area (Å²) in [4.78, 5) is 31.9. The molecule has 0 aliphatic heterocycles. The SMILES string of the molecule is CCOc1ccc(Br)cc1/C=N\NC(=O)Cn1cnc2sc3c(c2c1=O)CC[C@H](C)C3. The molecule has 0 saturated heterocycles. The number of hydrogen-bond donors (Lipinski definition) is 1. The Kier molecular flexibility index (Phi) is 6.52. The van der Waals surface area contributed by atoms with E-state index in [2.05, 4.69) is 38.4 Å². The average molecular weight is 503 g/mol. The highest BCUT2D eigenvalue weighted by Crippen LogP contribution is 2.35. The van der Waals surface area contributed by atoms with Crippen molar-refractivity contribution in [2.45, 2.75) is 39.7 Å². The fourth-order valence-corrected chi connectivity index (χ4v) is 5.47. The first kappa shape index (κ1) is 21.7. The van der Waals surface area contributed by atoms with Crippen molar-refractivity contribution in [3.8, 4) is 5.75 Å². The zero-order chi connectivity index (χ0) is 22.0. The van der Waals surface area contributed by atoms with Crippen molar-refractivity contribution in [1.82, 2.24) is 15.0 Å². The molecule has 0 radical (unpaired) electrons. The summed E-state index contributed by atoms with van der Waals surface area (Å²) in [7, 11) is 0. The zero-order valence-corrected chi connectivity index (χ0v) is 19.8. The van der Waals surface area contributed by atoms with E-state index in [0.29, 0.717) is 23.7 Å². The molecule has 0 saturated carbocycles. The number of carbonyl (C=O) groups excluding carboxylic acids is 1. The normalized spacial score (nSPS) is 15.9. The molecular formula is C22H23BrN4O3S. The van der Waals surface area contributed by atoms with Gasteiger partial charge >= 0.3 is 0 Å². The van der Waals surface area contributed by atoms with Crippen LogP contribution in [0.2, 0.25) is 0 Å². The van der Waals surface area contributed by atoms with Gasteiger partial charge in [0.1, 0.15) is 17.1 Å². The van der Waals surface area contributed by atoms with E-state index in [9.17, 15) is 9.59 Å². The molecule has 31 heavy (non-hydrogen) atoms. The molecule has 1 aliphatic rings. The van der Waals surface area contributed by atoms with Gasteiger partial charge in [0.15, 0.2) is 0 Å². The summed E-state index contributed by atoms with van der Waals surface area (Å²) < 4.78 is 7.80. The molecular weight excluding hydrogens is 480 g/mol. The van der Waals surface area contributed by atoms with E-state index >= 15 is 0 Å². The zero-order valence-electron chi connectivity index (χ0n) is 17.4. The van der Waals surface area contributed by atoms with Gasteiger partial charge in [-0.05, 0) is 55.9 Å². The van der Waals surface area contributed by atoms with Gasteiger partial charge in [0, 0.05) is 14.9 Å². The van der Waals surface area contributed by atoms with Crippen LogP contribution in [0.5, 0.6) is 5.75 Å². The topological polar surface area (TPSA) is 85.6 Å². The number of halogens is 1. The third kappa shape index (κ3) is 4.72. The highest BCUT2D eigenvalue weighted by molar-refractivity contribution is 9.10. The maximum atomic E-state index is 13.0. The Hall–Kier alpha value is -2.52. The molecule has 0 unspecified atom stereocenters. The van der Waals surface area contributed by atoms with Gasteiger partial charge in [0.05, 0.1) is 24.5 Å². The summed E-state index contributed by atoms with van der Waals surface area (Å²) in [5.41, 5.74) is 4.16. The third-order valence-corrected chi connectivity index (χ3v) is 6.92. The first-order valence-corrected chi connectivity index (χ1v) is 11.8. The lowest BCUT2D eigenvalue weighted by Crippen LogP contribution is -2.30. The molecule has 2 heterocycles. The summed E-state index contributed by atoms with van der Waals surface area (Å²) in [6.07, 6.45) is 5.92. The van der Waals surface area contributed by atoms with E-state index in [1.165, 1.54) is 22.0 Å². The maximum absolute atomic E-state index is 13.0. The fourth-order valence-electron chi connectivity index (χ4n) is 3.75. The van der Waals surface area contributed by atoms with E-state index in [-0.39, 0.29) is 12.1 Å². The largest absolute Gasteiger partial charge is 0.493 e. The quantitative estimate of drug-likeness (QED) is 0.409. The number of ether oxygens (including phenoxy) is 1. The third-order valence-electron chi connectivity index (χ3n) is 5.26. The molecule has 1 amide bonds. The molecule has 1 aliphatic carbocycles. The smallest absolute Gasteiger partial charge is 0.262 e. The number of nitrogens with one attached hydrogen (secondary N) is 1. The first-order valence-electron chi connectivity index (χ1n) is 10.2. The first-order chi connectivity index (χ1) is 15.0. The molecule has 162 valence electrons. The highest BCUT2D eigenvalue weighted by Gasteiger charge is 2.23. The van der Waals surface area contributed by atoms with Crippen LogP contribution in [-0.4, -0.2) is 28.3 Å². The van der Waals surface area contributed by atoms with E-state index in [4.69, 9.17) is 4.74 Å². The van der Waals surface area contributed by atoms with Crippen molar-refractivity contribution in [2.24, 2.45) is 11.0 Å². The van der Waals surface area contributed by atoms with Crippen molar-refractivity contribution in [3.63, 3.8) is 0 Å². The molecule has 9 heteroatoms. The van der Waals surface area contributed by atoms with Crippen molar-refractivity contribution >= 4 is 49.6 Å². The van der Waals surface area contributed by atoms with Crippen LogP contribution in [0.1, 0.15) is 36.3 Å². The lowest BCUT2D eigenvalue weighted by atomic mass is 9.89. The molecule has 0 fully saturated rings. The fraction of sp³-hybridized carbons (Fsp3) is 0.364. The Balaban J connectivity index is 1.49. The van der Waals surface area contributed by atoms with E-state index < -0.39 is 5.91 Å². The van der Waals surface area contributed by atoms with Crippen LogP contribution in [0, 0.1) is 5.92 Å². The van der Waals surface area contributed by atoms with Gasteiger partial charge in [-0.15, -0.1) is 11.3 Å². The van der Waals surface area contributed by atoms with Crippen LogP contribution < -0.4 is 15.7 Å². The number of fused-ring (bicyclic) bond motifs is 3. The molecule has 2 aromatic heterocycles. The van der Waals surface area contributed by atoms with Gasteiger partial charge in [-0.3, -0.25) is 14.2 Å². The molecule has 7 nitrogen and oxygen atoms in total. The number of carbonyl (C=O) groups is 1. The van der Waals surface area contributed by atoms with Crippen LogP contribution in [0.15, 0.2) is 38.9 Å². The van der Waals surface area contributed by atoms with E-state index in [0.717, 1.165) is 39.7 Å². The number of hydrogen-bond acceptors (Lipinski definition) is 6. The van der Waals surface area contributed by atoms with Gasteiger partial charge < -0.3 is 4.74 Å². The van der Waals surface area contributed by atoms with Gasteiger partial charge in [0.25, 0.3) is 11.5 Å². The lowest BCUT2D eigenvalue weighted by molar-refractivity contribution is -0.121. The molecule has 3 aromatic rings. The van der Waals surface area contributed by atoms with Crippen molar-refractivity contribution < 1.29 is 9.53 Å². The minimum absolute atomic E-state index is 0.142. The number of amides is 1. The summed E-state index contributed by atoms with van der Waals surface area (Å²) in [5.74, 6) is 0.899. The van der Waals surface area contributed by atoms with Crippen LogP contribution >= 0.6 is 27.3 Å². The number of benzene rings is 1. The summed E-state index contributed by atoms with van der Waals surface area (Å²) >= 11 is 5.02. The second-order valence-electron chi connectivity index (χ2n) is 7.62. The van der Waals surface area contributed by atoms with Crippen LogP contribution in [0.25, 0.3) is 10.2 Å². The number of aromatic nitrogens is 2. The molecule has 1 atom stereocenters. The van der Waals surface area contributed by atoms with Gasteiger partial charge in [-0.25, -0.2) is 10.4 Å². The maximum Gasteiger partial charge on any atom is 0.262 e. The van der Waals surface area contributed by atoms with Gasteiger partial charge in [-0.1, -0.05) is 22.9 Å². The Morgan fingerprint density at radius 3 is 3.13 bits per heavy atom. The molecule has 1 aromatic carbocycles. The Morgan fingerprint density at radius 1 is 1.48 bits per heavy atom. The number of thiophene rings is 1. The molecule has 1 N–H and O–H groups in total. The van der Waals surface area contributed by atoms with Gasteiger partial charge in [-0.2, -0.15) is 5.10 Å². The standard InChI is InChI=1S/C22H23BrN4O3S/c1-3-30-17-7-5-15(23)9-14(17)10-25-26-19(28)11-27-12-24-21-20(22(27)29)16-6-4-13(2)8-18(16)31-21/h5,7,9-10,12-13H,3-4,6,8,11H2,1-2H3,(H,26,28)/b25-10-/t13-/m0/s1. The molecule has 4 rings (SSSR count). The van der Waals surface area contributed by atoms with Gasteiger partial charge in [0.2, 0.25) is 0 Å². The summed E-state index contributed by atoms with van der Waals surface area (Å²) in [5, 5.41) is 4.69. The van der Waals surface area contributed by atoms with Crippen LogP contribution in [0.4, 0.5) is 0 Å². The van der Waals surface area contributed by atoms with E-state index in [1.807, 2.05) is 25.1 Å². The predicted octanol–water partition coefficient (Wildman–Crippen LogP) is 3.89. The number of nitrogens with zero attached hydrogens (tertiary/aromatic N) is 3. The van der Waals surface area contributed by atoms with Crippen molar-refractivity contribution in [2.75, 3.05) is 6.61 Å². The van der Waals surface area contributed by atoms with Crippen LogP contribution in [-0.2, 0) is 24.2 Å². The molecule has 0 spiro atoms. The summed E-state index contributed by atoms with van der Waals surface area (Å²) in [6.45, 7) is 4.52. The Labute approximate surface area is 192 Å². The minimum Gasteiger partial charge on any atom is -0.493 e. The lowest BCUT2D eigenvalue weighted by Gasteiger charge is -2.17. The molecule has 0 bridgehead atoms. The number of aryl methyl sites for hydroxylation is 1. The number of rotatable bonds is 6. The second-order valence-corrected chi connectivity index (χ2v) is 9.62. The second kappa shape index (κ2) is 9.32. The monoisotopic (exact) mass is 502 g/mol. The average Bonchev–Trinajstić information content (AvgIpc) is 3.10. The van der Waals surface area contributed by atoms with E-state index in [1.54, 1.807) is 11.3 Å². The number of hydrazone groups is 1. The Morgan fingerprint density at radius 2 is 2.32 bits per heavy atom. The highest BCUT2D eigenvalue weighted by atomic mass is 79.9. The van der Waals surface area contributed by atoms with Crippen molar-refractivity contribution in [3.05, 3.63) is 55.4 Å². The summed E-state index contributed by atoms with van der Waals surface area (Å²) in [6, 6.07) is 5.56. The van der Waals surface area contributed by atoms with Crippen LogP contribution in [0.3, 0.4) is 0 Å². The minimum atomic E-state index is -0.398.